The molecule has 0 aliphatic carbocycles. The van der Waals surface area contributed by atoms with Gasteiger partial charge in [0.05, 0.1) is 0 Å². The molecule has 0 unspecified atom stereocenters. The number of hydrogen-bond acceptors (Lipinski definition) is 4. The van der Waals surface area contributed by atoms with Crippen LogP contribution in [0.15, 0.2) is 0 Å². The van der Waals surface area contributed by atoms with Crippen LogP contribution in [0.1, 0.15) is 19.3 Å². The van der Waals surface area contributed by atoms with Crippen LogP contribution in [-0.2, 0) is 0 Å². The second kappa shape index (κ2) is 6.55. The van der Waals surface area contributed by atoms with Gasteiger partial charge in [-0.05, 0) is 78.0 Å². The molecule has 0 aromatic rings. The first-order chi connectivity index (χ1) is 7.62. The maximum absolute atomic E-state index is 5.83. The van der Waals surface area contributed by atoms with Crippen LogP contribution in [0.5, 0.6) is 0 Å². The summed E-state index contributed by atoms with van der Waals surface area (Å²) in [4.78, 5) is 4.79. The molecule has 1 aliphatic heterocycles. The average Bonchev–Trinajstić information content (AvgIpc) is 2.30. The fraction of sp³-hybridized carbons (Fsp3) is 1.00. The van der Waals surface area contributed by atoms with Crippen LogP contribution in [0.3, 0.4) is 0 Å². The van der Waals surface area contributed by atoms with Crippen LogP contribution in [0.4, 0.5) is 0 Å². The predicted octanol–water partition coefficient (Wildman–Crippen LogP) is -0.0623. The van der Waals surface area contributed by atoms with Crippen LogP contribution in [-0.4, -0.2) is 63.2 Å². The van der Waals surface area contributed by atoms with E-state index in [0.29, 0.717) is 0 Å². The zero-order chi connectivity index (χ0) is 12.0. The molecule has 4 nitrogen and oxygen atoms in total. The van der Waals surface area contributed by atoms with Gasteiger partial charge in [0.25, 0.3) is 0 Å². The second-order valence-electron chi connectivity index (χ2n) is 5.41. The molecule has 0 bridgehead atoms. The van der Waals surface area contributed by atoms with E-state index < -0.39 is 0 Å². The number of likely N-dealkylation sites (tertiary alicyclic amines) is 1. The van der Waals surface area contributed by atoms with E-state index in [-0.39, 0.29) is 5.41 Å². The zero-order valence-electron chi connectivity index (χ0n) is 10.9. The minimum Gasteiger partial charge on any atom is -0.330 e. The fourth-order valence-electron chi connectivity index (χ4n) is 2.35. The van der Waals surface area contributed by atoms with Crippen molar-refractivity contribution in [3.8, 4) is 0 Å². The van der Waals surface area contributed by atoms with Gasteiger partial charge in [0.15, 0.2) is 0 Å². The van der Waals surface area contributed by atoms with Crippen LogP contribution in [0.2, 0.25) is 0 Å². The van der Waals surface area contributed by atoms with Crippen molar-refractivity contribution >= 4 is 0 Å². The number of piperidine rings is 1. The lowest BCUT2D eigenvalue weighted by molar-refractivity contribution is 0.113. The third kappa shape index (κ3) is 4.01. The second-order valence-corrected chi connectivity index (χ2v) is 5.41. The van der Waals surface area contributed by atoms with Crippen molar-refractivity contribution in [3.63, 3.8) is 0 Å². The molecule has 96 valence electrons. The molecular formula is C12H28N4. The SMILES string of the molecule is CN(C)CCCN1CCC(CN)(CN)CC1. The van der Waals surface area contributed by atoms with Crippen LogP contribution < -0.4 is 11.5 Å². The first-order valence-corrected chi connectivity index (χ1v) is 6.39. The highest BCUT2D eigenvalue weighted by Crippen LogP contribution is 2.28. The van der Waals surface area contributed by atoms with Gasteiger partial charge in [-0.1, -0.05) is 0 Å². The number of nitrogens with zero attached hydrogens (tertiary/aromatic N) is 2. The Morgan fingerprint density at radius 1 is 1.12 bits per heavy atom. The van der Waals surface area contributed by atoms with Crippen molar-refractivity contribution in [1.29, 1.82) is 0 Å². The average molecular weight is 228 g/mol. The Bertz CT molecular complexity index is 179. The van der Waals surface area contributed by atoms with Gasteiger partial charge < -0.3 is 21.3 Å². The Morgan fingerprint density at radius 2 is 1.69 bits per heavy atom. The number of hydrogen-bond donors (Lipinski definition) is 2. The van der Waals surface area contributed by atoms with E-state index in [2.05, 4.69) is 23.9 Å². The Hall–Kier alpha value is -0.160. The van der Waals surface area contributed by atoms with E-state index in [9.17, 15) is 0 Å². The van der Waals surface area contributed by atoms with E-state index in [1.54, 1.807) is 0 Å². The van der Waals surface area contributed by atoms with Crippen LogP contribution in [0.25, 0.3) is 0 Å². The summed E-state index contributed by atoms with van der Waals surface area (Å²) in [6, 6.07) is 0. The van der Waals surface area contributed by atoms with Gasteiger partial charge in [-0.3, -0.25) is 0 Å². The number of rotatable bonds is 6. The lowest BCUT2D eigenvalue weighted by atomic mass is 9.78. The van der Waals surface area contributed by atoms with E-state index in [4.69, 9.17) is 11.5 Å². The maximum Gasteiger partial charge on any atom is -0.000654 e. The van der Waals surface area contributed by atoms with Gasteiger partial charge >= 0.3 is 0 Å². The highest BCUT2D eigenvalue weighted by molar-refractivity contribution is 4.87. The van der Waals surface area contributed by atoms with Crippen molar-refractivity contribution in [2.45, 2.75) is 19.3 Å². The number of nitrogens with two attached hydrogens (primary N) is 2. The predicted molar refractivity (Wildman–Crippen MR) is 69.4 cm³/mol. The van der Waals surface area contributed by atoms with Gasteiger partial charge in [-0.25, -0.2) is 0 Å². The van der Waals surface area contributed by atoms with Crippen molar-refractivity contribution in [2.24, 2.45) is 16.9 Å². The van der Waals surface area contributed by atoms with Gasteiger partial charge in [-0.2, -0.15) is 0 Å². The quantitative estimate of drug-likeness (QED) is 0.668. The van der Waals surface area contributed by atoms with Gasteiger partial charge in [0, 0.05) is 0 Å². The smallest absolute Gasteiger partial charge is 0.000654 e. The summed E-state index contributed by atoms with van der Waals surface area (Å²) in [5.41, 5.74) is 11.9. The summed E-state index contributed by atoms with van der Waals surface area (Å²) in [6.07, 6.45) is 3.59. The molecule has 0 spiro atoms. The fourth-order valence-corrected chi connectivity index (χ4v) is 2.35. The molecule has 1 fully saturated rings. The topological polar surface area (TPSA) is 58.5 Å². The molecule has 0 atom stereocenters. The lowest BCUT2D eigenvalue weighted by Crippen LogP contribution is -2.48. The summed E-state index contributed by atoms with van der Waals surface area (Å²) in [6.45, 7) is 6.21. The molecule has 1 saturated heterocycles. The third-order valence-electron chi connectivity index (χ3n) is 3.86. The molecule has 1 aliphatic rings. The summed E-state index contributed by atoms with van der Waals surface area (Å²) in [5.74, 6) is 0. The summed E-state index contributed by atoms with van der Waals surface area (Å²) < 4.78 is 0. The molecule has 0 aromatic carbocycles. The zero-order valence-corrected chi connectivity index (χ0v) is 10.9. The standard InChI is InChI=1S/C12H28N4/c1-15(2)6-3-7-16-8-4-12(10-13,11-14)5-9-16/h3-11,13-14H2,1-2H3. The first-order valence-electron chi connectivity index (χ1n) is 6.39. The van der Waals surface area contributed by atoms with Gasteiger partial charge in [-0.15, -0.1) is 0 Å². The van der Waals surface area contributed by atoms with Crippen molar-refractivity contribution in [2.75, 3.05) is 53.4 Å². The van der Waals surface area contributed by atoms with E-state index in [0.717, 1.165) is 13.1 Å². The maximum atomic E-state index is 5.83. The Balaban J connectivity index is 2.21. The normalized spacial score (nSPS) is 21.6. The van der Waals surface area contributed by atoms with Crippen molar-refractivity contribution in [3.05, 3.63) is 0 Å². The van der Waals surface area contributed by atoms with Gasteiger partial charge in [0.1, 0.15) is 0 Å². The molecular weight excluding hydrogens is 200 g/mol. The first kappa shape index (κ1) is 13.9. The molecule has 0 aromatic heterocycles. The summed E-state index contributed by atoms with van der Waals surface area (Å²) in [7, 11) is 4.26. The summed E-state index contributed by atoms with van der Waals surface area (Å²) >= 11 is 0. The summed E-state index contributed by atoms with van der Waals surface area (Å²) in [5, 5.41) is 0. The van der Waals surface area contributed by atoms with E-state index in [1.165, 1.54) is 45.4 Å². The van der Waals surface area contributed by atoms with E-state index >= 15 is 0 Å². The molecule has 0 radical (unpaired) electrons. The Morgan fingerprint density at radius 3 is 2.12 bits per heavy atom. The van der Waals surface area contributed by atoms with Crippen LogP contribution in [0, 0.1) is 5.41 Å². The highest BCUT2D eigenvalue weighted by Gasteiger charge is 2.31. The third-order valence-corrected chi connectivity index (χ3v) is 3.86. The molecule has 16 heavy (non-hydrogen) atoms. The van der Waals surface area contributed by atoms with E-state index in [1.807, 2.05) is 0 Å². The Labute approximate surface area is 99.9 Å². The highest BCUT2D eigenvalue weighted by atomic mass is 15.1. The minimum atomic E-state index is 0.234. The molecule has 4 N–H and O–H groups in total. The largest absolute Gasteiger partial charge is 0.330 e. The monoisotopic (exact) mass is 228 g/mol. The molecule has 1 rings (SSSR count). The van der Waals surface area contributed by atoms with Gasteiger partial charge in [0.2, 0.25) is 0 Å². The van der Waals surface area contributed by atoms with Crippen LogP contribution >= 0.6 is 0 Å². The molecule has 0 amide bonds. The molecule has 0 saturated carbocycles. The van der Waals surface area contributed by atoms with Crippen molar-refractivity contribution in [1.82, 2.24) is 9.80 Å². The minimum absolute atomic E-state index is 0.234. The van der Waals surface area contributed by atoms with Crippen molar-refractivity contribution < 1.29 is 0 Å². The Kier molecular flexibility index (Phi) is 5.69. The molecule has 4 heteroatoms. The molecule has 1 heterocycles. The lowest BCUT2D eigenvalue weighted by Gasteiger charge is -2.40.